The summed E-state index contributed by atoms with van der Waals surface area (Å²) in [5, 5.41) is 15.1. The molecular formula is C33H44F3N3O3. The molecule has 230 valence electrons. The molecule has 0 radical (unpaired) electrons. The second kappa shape index (κ2) is 14.3. The van der Waals surface area contributed by atoms with Gasteiger partial charge in [0.25, 0.3) is 0 Å². The number of rotatable bonds is 9. The Hall–Kier alpha value is -3.23. The standard InChI is InChI=1S/C29H36F3N3O3.C4H8/c1-18-8-11-21(12-9-18)33-28(38)34-25-14-20(23-15-24(23)27(36)37)10-13-26(25)35(22-6-4-3-5-7-22)17-19(2)16-29(30,31)32;1-2-4-3-1/h8-14,19,22-24H,3-7,15-17H2,1-2H3,(H,36,37)(H2,33,34,38);1-4H2. The van der Waals surface area contributed by atoms with E-state index in [0.717, 1.165) is 43.2 Å². The van der Waals surface area contributed by atoms with Gasteiger partial charge in [-0.2, -0.15) is 13.2 Å². The molecule has 3 fully saturated rings. The Balaban J connectivity index is 0.000000932. The van der Waals surface area contributed by atoms with Crippen LogP contribution in [0.2, 0.25) is 0 Å². The number of alkyl halides is 3. The number of carbonyl (C=O) groups excluding carboxylic acids is 1. The van der Waals surface area contributed by atoms with Crippen molar-refractivity contribution in [3.8, 4) is 0 Å². The second-order valence-corrected chi connectivity index (χ2v) is 12.3. The molecule has 3 unspecified atom stereocenters. The first-order valence-electron chi connectivity index (χ1n) is 15.3. The molecule has 0 aromatic heterocycles. The van der Waals surface area contributed by atoms with Crippen LogP contribution in [-0.4, -0.2) is 35.9 Å². The summed E-state index contributed by atoms with van der Waals surface area (Å²) in [7, 11) is 0. The highest BCUT2D eigenvalue weighted by Gasteiger charge is 2.44. The van der Waals surface area contributed by atoms with Crippen LogP contribution in [0.15, 0.2) is 42.5 Å². The molecule has 0 heterocycles. The van der Waals surface area contributed by atoms with Gasteiger partial charge in [-0.05, 0) is 67.9 Å². The third-order valence-corrected chi connectivity index (χ3v) is 8.53. The van der Waals surface area contributed by atoms with Crippen molar-refractivity contribution in [2.24, 2.45) is 11.8 Å². The number of amides is 2. The van der Waals surface area contributed by atoms with Crippen molar-refractivity contribution in [2.75, 3.05) is 22.1 Å². The number of anilines is 3. The summed E-state index contributed by atoms with van der Waals surface area (Å²) in [5.74, 6) is -2.09. The van der Waals surface area contributed by atoms with Crippen LogP contribution in [0, 0.1) is 18.8 Å². The number of hydrogen-bond donors (Lipinski definition) is 3. The van der Waals surface area contributed by atoms with Gasteiger partial charge in [-0.15, -0.1) is 0 Å². The van der Waals surface area contributed by atoms with Crippen LogP contribution in [0.4, 0.5) is 35.0 Å². The van der Waals surface area contributed by atoms with Gasteiger partial charge in [-0.25, -0.2) is 4.79 Å². The fraction of sp³-hybridized carbons (Fsp3) is 0.576. The van der Waals surface area contributed by atoms with Crippen LogP contribution in [0.3, 0.4) is 0 Å². The van der Waals surface area contributed by atoms with Crippen molar-refractivity contribution >= 4 is 29.1 Å². The molecule has 0 spiro atoms. The quantitative estimate of drug-likeness (QED) is 0.273. The Morgan fingerprint density at radius 1 is 0.952 bits per heavy atom. The lowest BCUT2D eigenvalue weighted by Crippen LogP contribution is -2.41. The molecule has 3 aliphatic rings. The first-order chi connectivity index (χ1) is 20.0. The van der Waals surface area contributed by atoms with E-state index in [1.54, 1.807) is 25.1 Å². The summed E-state index contributed by atoms with van der Waals surface area (Å²) in [6.45, 7) is 3.76. The number of carboxylic acid groups (broad SMARTS) is 1. The number of nitrogens with one attached hydrogen (secondary N) is 2. The van der Waals surface area contributed by atoms with Crippen LogP contribution in [0.1, 0.15) is 94.6 Å². The fourth-order valence-electron chi connectivity index (χ4n) is 5.78. The maximum Gasteiger partial charge on any atom is 0.389 e. The number of carbonyl (C=O) groups is 2. The van der Waals surface area contributed by atoms with Gasteiger partial charge >= 0.3 is 18.2 Å². The fourth-order valence-corrected chi connectivity index (χ4v) is 5.78. The summed E-state index contributed by atoms with van der Waals surface area (Å²) in [4.78, 5) is 26.5. The zero-order valence-corrected chi connectivity index (χ0v) is 24.7. The minimum atomic E-state index is -4.26. The van der Waals surface area contributed by atoms with Crippen LogP contribution in [0.25, 0.3) is 0 Å². The normalized spacial score (nSPS) is 20.8. The van der Waals surface area contributed by atoms with Crippen LogP contribution >= 0.6 is 0 Å². The van der Waals surface area contributed by atoms with E-state index in [1.165, 1.54) is 25.7 Å². The highest BCUT2D eigenvalue weighted by atomic mass is 19.4. The van der Waals surface area contributed by atoms with E-state index in [1.807, 2.05) is 36.1 Å². The zero-order valence-electron chi connectivity index (χ0n) is 24.7. The van der Waals surface area contributed by atoms with E-state index in [4.69, 9.17) is 0 Å². The monoisotopic (exact) mass is 587 g/mol. The van der Waals surface area contributed by atoms with Crippen LogP contribution in [0.5, 0.6) is 0 Å². The molecule has 3 N–H and O–H groups in total. The van der Waals surface area contributed by atoms with E-state index in [9.17, 15) is 27.9 Å². The Bertz CT molecular complexity index is 1190. The van der Waals surface area contributed by atoms with Gasteiger partial charge in [0.1, 0.15) is 0 Å². The zero-order chi connectivity index (χ0) is 30.3. The number of halogens is 3. The summed E-state index contributed by atoms with van der Waals surface area (Å²) >= 11 is 0. The first-order valence-corrected chi connectivity index (χ1v) is 15.3. The molecule has 2 aromatic rings. The third kappa shape index (κ3) is 9.39. The molecule has 0 bridgehead atoms. The highest BCUT2D eigenvalue weighted by Crippen LogP contribution is 2.49. The van der Waals surface area contributed by atoms with Crippen molar-refractivity contribution in [1.29, 1.82) is 0 Å². The van der Waals surface area contributed by atoms with Gasteiger partial charge < -0.3 is 20.6 Å². The molecule has 0 aliphatic heterocycles. The van der Waals surface area contributed by atoms with Gasteiger partial charge in [-0.3, -0.25) is 4.79 Å². The van der Waals surface area contributed by atoms with Gasteiger partial charge in [0, 0.05) is 24.7 Å². The summed E-state index contributed by atoms with van der Waals surface area (Å²) in [5.41, 5.74) is 3.62. The minimum Gasteiger partial charge on any atom is -0.481 e. The third-order valence-electron chi connectivity index (χ3n) is 8.53. The minimum absolute atomic E-state index is 0.0682. The maximum atomic E-state index is 13.2. The smallest absolute Gasteiger partial charge is 0.389 e. The van der Waals surface area contributed by atoms with Crippen molar-refractivity contribution < 1.29 is 27.9 Å². The van der Waals surface area contributed by atoms with Crippen LogP contribution in [-0.2, 0) is 4.79 Å². The molecule has 9 heteroatoms. The lowest BCUT2D eigenvalue weighted by atomic mass is 9.92. The highest BCUT2D eigenvalue weighted by molar-refractivity contribution is 6.02. The molecule has 3 saturated carbocycles. The molecule has 3 aliphatic carbocycles. The van der Waals surface area contributed by atoms with Crippen molar-refractivity contribution in [3.05, 3.63) is 53.6 Å². The van der Waals surface area contributed by atoms with E-state index < -0.39 is 36.4 Å². The number of aryl methyl sites for hydroxylation is 1. The Labute approximate surface area is 247 Å². The molecule has 0 saturated heterocycles. The van der Waals surface area contributed by atoms with Gasteiger partial charge in [0.15, 0.2) is 0 Å². The number of benzene rings is 2. The van der Waals surface area contributed by atoms with Gasteiger partial charge in [0.2, 0.25) is 0 Å². The predicted octanol–water partition coefficient (Wildman–Crippen LogP) is 9.12. The second-order valence-electron chi connectivity index (χ2n) is 12.3. The summed E-state index contributed by atoms with van der Waals surface area (Å²) in [6, 6.07) is 12.4. The number of nitrogens with zero attached hydrogens (tertiary/aromatic N) is 1. The van der Waals surface area contributed by atoms with Crippen LogP contribution < -0.4 is 15.5 Å². The molecule has 42 heavy (non-hydrogen) atoms. The predicted molar refractivity (Wildman–Crippen MR) is 161 cm³/mol. The Kier molecular flexibility index (Phi) is 10.8. The van der Waals surface area contributed by atoms with Crippen molar-refractivity contribution in [3.63, 3.8) is 0 Å². The van der Waals surface area contributed by atoms with Gasteiger partial charge in [0.05, 0.1) is 17.3 Å². The number of urea groups is 1. The number of hydrogen-bond acceptors (Lipinski definition) is 3. The van der Waals surface area contributed by atoms with Gasteiger partial charge in [-0.1, -0.05) is 75.6 Å². The van der Waals surface area contributed by atoms with E-state index >= 15 is 0 Å². The first kappa shape index (κ1) is 31.7. The summed E-state index contributed by atoms with van der Waals surface area (Å²) < 4.78 is 39.6. The molecule has 2 amide bonds. The topological polar surface area (TPSA) is 81.7 Å². The molecule has 5 rings (SSSR count). The van der Waals surface area contributed by atoms with E-state index in [2.05, 4.69) is 10.6 Å². The van der Waals surface area contributed by atoms with E-state index in [-0.39, 0.29) is 18.5 Å². The average Bonchev–Trinajstić information content (AvgIpc) is 3.69. The number of carboxylic acids is 1. The molecule has 3 atom stereocenters. The molecule has 2 aromatic carbocycles. The maximum absolute atomic E-state index is 13.2. The molecular weight excluding hydrogens is 543 g/mol. The number of aliphatic carboxylic acids is 1. The molecule has 6 nitrogen and oxygen atoms in total. The Morgan fingerprint density at radius 3 is 2.12 bits per heavy atom. The van der Waals surface area contributed by atoms with Crippen molar-refractivity contribution in [2.45, 2.75) is 103 Å². The SMILES string of the molecule is C1CCC1.Cc1ccc(NC(=O)Nc2cc(C3CC3C(=O)O)ccc2N(CC(C)CC(F)(F)F)C2CCCCC2)cc1. The Morgan fingerprint density at radius 2 is 1.57 bits per heavy atom. The summed E-state index contributed by atoms with van der Waals surface area (Å²) in [6.07, 6.45) is 6.25. The lowest BCUT2D eigenvalue weighted by molar-refractivity contribution is -0.142. The van der Waals surface area contributed by atoms with Crippen molar-refractivity contribution in [1.82, 2.24) is 0 Å². The largest absolute Gasteiger partial charge is 0.481 e. The van der Waals surface area contributed by atoms with E-state index in [0.29, 0.717) is 23.5 Å². The average molecular weight is 588 g/mol. The lowest BCUT2D eigenvalue weighted by Gasteiger charge is -2.39.